The van der Waals surface area contributed by atoms with Gasteiger partial charge in [-0.2, -0.15) is 0 Å². The Labute approximate surface area is 209 Å². The summed E-state index contributed by atoms with van der Waals surface area (Å²) in [5.41, 5.74) is 5.16. The van der Waals surface area contributed by atoms with Crippen molar-refractivity contribution >= 4 is 26.1 Å². The van der Waals surface area contributed by atoms with Gasteiger partial charge < -0.3 is 24.4 Å². The number of carbonyl (C=O) groups excluding carboxylic acids is 2. The summed E-state index contributed by atoms with van der Waals surface area (Å²) in [5, 5.41) is 14.8. The van der Waals surface area contributed by atoms with Gasteiger partial charge in [0.25, 0.3) is 11.6 Å². The van der Waals surface area contributed by atoms with Gasteiger partial charge in [-0.25, -0.2) is 14.5 Å². The van der Waals surface area contributed by atoms with Gasteiger partial charge in [-0.15, -0.1) is 5.10 Å². The summed E-state index contributed by atoms with van der Waals surface area (Å²) >= 11 is 0. The van der Waals surface area contributed by atoms with Crippen molar-refractivity contribution < 1.29 is 33.1 Å². The van der Waals surface area contributed by atoms with Crippen molar-refractivity contribution in [1.29, 1.82) is 0 Å². The van der Waals surface area contributed by atoms with E-state index in [1.807, 2.05) is 6.92 Å². The summed E-state index contributed by atoms with van der Waals surface area (Å²) in [6, 6.07) is 5.04. The number of non-ortho nitro benzene ring substituents is 1. The first-order valence-electron chi connectivity index (χ1n) is 11.3. The van der Waals surface area contributed by atoms with E-state index in [4.69, 9.17) is 24.4 Å². The zero-order chi connectivity index (χ0) is 26.8. The summed E-state index contributed by atoms with van der Waals surface area (Å²) in [7, 11) is -2.25. The summed E-state index contributed by atoms with van der Waals surface area (Å²) in [6.45, 7) is 12.3. The van der Waals surface area contributed by atoms with E-state index in [0.717, 1.165) is 0 Å². The molecule has 196 valence electrons. The fourth-order valence-electron chi connectivity index (χ4n) is 3.36. The number of rotatable bonds is 8. The number of hydrogen-bond acceptors (Lipinski definition) is 10. The molecule has 4 unspecified atom stereocenters. The van der Waals surface area contributed by atoms with Crippen LogP contribution in [0.25, 0.3) is 0 Å². The van der Waals surface area contributed by atoms with Crippen LogP contribution >= 0.6 is 0 Å². The third kappa shape index (κ3) is 6.06. The number of nitrogens with zero attached hydrogens (tertiary/aromatic N) is 4. The number of aromatic nitrogens is 3. The molecule has 3 rings (SSSR count). The molecule has 0 bridgehead atoms. The zero-order valence-electron chi connectivity index (χ0n) is 21.0. The van der Waals surface area contributed by atoms with Crippen LogP contribution in [0.15, 0.2) is 30.6 Å². The molecular weight excluding hydrogens is 490 g/mol. The fraction of sp³-hybridized carbons (Fsp3) is 0.545. The number of hydrogen-bond donors (Lipinski definition) is 1. The molecule has 1 aromatic heterocycles. The van der Waals surface area contributed by atoms with Gasteiger partial charge in [-0.05, 0) is 30.3 Å². The number of nitro benzene ring substituents is 1. The summed E-state index contributed by atoms with van der Waals surface area (Å²) in [5.74, 6) is -1.04. The molecule has 36 heavy (non-hydrogen) atoms. The molecule has 0 aliphatic carbocycles. The predicted molar refractivity (Wildman–Crippen MR) is 129 cm³/mol. The molecule has 1 fully saturated rings. The SMILES string of the molecule is CC1C(COC(=O)Oc2ccc([N+](=O)[O-])cc2)OC(n2cnc(C(N)=O)n2)C1O[Si](C)(C)C(C)(C)C. The fourth-order valence-corrected chi connectivity index (χ4v) is 4.73. The summed E-state index contributed by atoms with van der Waals surface area (Å²) in [4.78, 5) is 37.9. The van der Waals surface area contributed by atoms with E-state index < -0.39 is 43.7 Å². The minimum absolute atomic E-state index is 0.0822. The molecule has 1 aliphatic heterocycles. The van der Waals surface area contributed by atoms with Crippen molar-refractivity contribution in [3.8, 4) is 5.75 Å². The molecule has 1 saturated heterocycles. The highest BCUT2D eigenvalue weighted by Gasteiger charge is 2.50. The Hall–Kier alpha value is -3.36. The maximum absolute atomic E-state index is 12.2. The highest BCUT2D eigenvalue weighted by molar-refractivity contribution is 6.74. The van der Waals surface area contributed by atoms with E-state index in [1.54, 1.807) is 0 Å². The van der Waals surface area contributed by atoms with Gasteiger partial charge in [0, 0.05) is 18.1 Å². The highest BCUT2D eigenvalue weighted by atomic mass is 28.4. The van der Waals surface area contributed by atoms with Crippen molar-refractivity contribution in [2.75, 3.05) is 6.61 Å². The van der Waals surface area contributed by atoms with Crippen molar-refractivity contribution in [3.05, 3.63) is 46.5 Å². The predicted octanol–water partition coefficient (Wildman–Crippen LogP) is 3.42. The lowest BCUT2D eigenvalue weighted by atomic mass is 10.0. The summed E-state index contributed by atoms with van der Waals surface area (Å²) in [6.07, 6.45) is -1.40. The number of amides is 1. The molecule has 1 aliphatic rings. The minimum atomic E-state index is -2.25. The number of carbonyl (C=O) groups is 2. The molecule has 2 heterocycles. The zero-order valence-corrected chi connectivity index (χ0v) is 22.0. The first-order chi connectivity index (χ1) is 16.7. The monoisotopic (exact) mass is 521 g/mol. The second-order valence-electron chi connectivity index (χ2n) is 10.1. The van der Waals surface area contributed by atoms with Gasteiger partial charge in [0.1, 0.15) is 18.7 Å². The van der Waals surface area contributed by atoms with Crippen molar-refractivity contribution in [1.82, 2.24) is 14.8 Å². The van der Waals surface area contributed by atoms with E-state index >= 15 is 0 Å². The van der Waals surface area contributed by atoms with Crippen LogP contribution in [0.1, 0.15) is 44.5 Å². The highest BCUT2D eigenvalue weighted by Crippen LogP contribution is 2.43. The first-order valence-corrected chi connectivity index (χ1v) is 14.2. The Kier molecular flexibility index (Phi) is 7.81. The summed E-state index contributed by atoms with van der Waals surface area (Å²) < 4.78 is 24.6. The van der Waals surface area contributed by atoms with Crippen LogP contribution in [0.2, 0.25) is 18.1 Å². The Balaban J connectivity index is 1.72. The Morgan fingerprint density at radius 3 is 2.42 bits per heavy atom. The molecule has 2 aromatic rings. The van der Waals surface area contributed by atoms with E-state index in [0.29, 0.717) is 0 Å². The van der Waals surface area contributed by atoms with Gasteiger partial charge in [0.2, 0.25) is 5.82 Å². The molecular formula is C22H31N5O8Si. The molecule has 13 nitrogen and oxygen atoms in total. The van der Waals surface area contributed by atoms with Crippen molar-refractivity contribution in [3.63, 3.8) is 0 Å². The molecule has 0 radical (unpaired) electrons. The van der Waals surface area contributed by atoms with E-state index in [2.05, 4.69) is 43.9 Å². The molecule has 0 spiro atoms. The van der Waals surface area contributed by atoms with Crippen LogP contribution in [-0.2, 0) is 13.9 Å². The standard InChI is InChI=1S/C22H31N5O8Si/c1-13-16(11-32-21(29)33-15-9-7-14(8-10-15)27(30)31)34-20(26-12-24-19(25-26)18(23)28)17(13)35-36(5,6)22(2,3)4/h7-10,12-13,16-17,20H,11H2,1-6H3,(H2,23,28). The number of primary amides is 1. The van der Waals surface area contributed by atoms with Crippen LogP contribution in [0.5, 0.6) is 5.75 Å². The molecule has 1 aromatic carbocycles. The Bertz CT molecular complexity index is 1110. The second kappa shape index (κ2) is 10.3. The molecule has 2 N–H and O–H groups in total. The lowest BCUT2D eigenvalue weighted by molar-refractivity contribution is -0.384. The quantitative estimate of drug-likeness (QED) is 0.178. The van der Waals surface area contributed by atoms with E-state index in [-0.39, 0.29) is 34.8 Å². The lowest BCUT2D eigenvalue weighted by Crippen LogP contribution is -2.47. The first kappa shape index (κ1) is 27.2. The smallest absolute Gasteiger partial charge is 0.431 e. The molecule has 4 atom stereocenters. The normalized spacial score (nSPS) is 22.3. The third-order valence-electron chi connectivity index (χ3n) is 6.54. The number of benzene rings is 1. The minimum Gasteiger partial charge on any atom is -0.431 e. The van der Waals surface area contributed by atoms with E-state index in [9.17, 15) is 19.7 Å². The van der Waals surface area contributed by atoms with Gasteiger partial charge in [-0.1, -0.05) is 27.7 Å². The average Bonchev–Trinajstić information content (AvgIpc) is 3.38. The largest absolute Gasteiger partial charge is 0.513 e. The van der Waals surface area contributed by atoms with E-state index in [1.165, 1.54) is 35.3 Å². The van der Waals surface area contributed by atoms with Crippen molar-refractivity contribution in [2.45, 2.75) is 64.3 Å². The number of ether oxygens (including phenoxy) is 3. The number of nitrogens with two attached hydrogens (primary N) is 1. The Morgan fingerprint density at radius 1 is 1.25 bits per heavy atom. The van der Waals surface area contributed by atoms with Gasteiger partial charge in [0.15, 0.2) is 14.5 Å². The molecule has 1 amide bonds. The van der Waals surface area contributed by atoms with Crippen LogP contribution in [0.3, 0.4) is 0 Å². The van der Waals surface area contributed by atoms with Crippen LogP contribution in [0, 0.1) is 16.0 Å². The lowest BCUT2D eigenvalue weighted by Gasteiger charge is -2.40. The second-order valence-corrected chi connectivity index (χ2v) is 14.8. The Morgan fingerprint density at radius 2 is 1.89 bits per heavy atom. The van der Waals surface area contributed by atoms with Gasteiger partial charge in [-0.3, -0.25) is 14.9 Å². The van der Waals surface area contributed by atoms with Crippen LogP contribution < -0.4 is 10.5 Å². The maximum Gasteiger partial charge on any atom is 0.513 e. The topological polar surface area (TPSA) is 171 Å². The van der Waals surface area contributed by atoms with Gasteiger partial charge in [0.05, 0.1) is 17.1 Å². The van der Waals surface area contributed by atoms with Crippen molar-refractivity contribution in [2.24, 2.45) is 11.7 Å². The third-order valence-corrected chi connectivity index (χ3v) is 11.0. The molecule has 14 heteroatoms. The van der Waals surface area contributed by atoms with Crippen LogP contribution in [0.4, 0.5) is 10.5 Å². The van der Waals surface area contributed by atoms with Gasteiger partial charge >= 0.3 is 6.16 Å². The molecule has 0 saturated carbocycles. The average molecular weight is 522 g/mol. The number of nitro groups is 1. The van der Waals surface area contributed by atoms with Crippen LogP contribution in [-0.4, -0.2) is 58.9 Å². The maximum atomic E-state index is 12.2.